The topological polar surface area (TPSA) is 76.3 Å². The smallest absolute Gasteiger partial charge is 0.148 e. The van der Waals surface area contributed by atoms with Crippen LogP contribution in [0.4, 0.5) is 11.6 Å². The first-order valence-corrected chi connectivity index (χ1v) is 7.90. The third-order valence-electron chi connectivity index (χ3n) is 3.91. The Morgan fingerprint density at radius 2 is 2.19 bits per heavy atom. The van der Waals surface area contributed by atoms with Gasteiger partial charge in [0.05, 0.1) is 6.10 Å². The monoisotopic (exact) mass is 293 g/mol. The van der Waals surface area contributed by atoms with Crippen molar-refractivity contribution in [1.29, 1.82) is 0 Å². The van der Waals surface area contributed by atoms with Crippen molar-refractivity contribution in [3.8, 4) is 0 Å². The fourth-order valence-corrected chi connectivity index (χ4v) is 2.73. The number of hydrazine groups is 1. The van der Waals surface area contributed by atoms with Gasteiger partial charge in [0.15, 0.2) is 0 Å². The van der Waals surface area contributed by atoms with Gasteiger partial charge in [0.2, 0.25) is 0 Å². The van der Waals surface area contributed by atoms with Gasteiger partial charge in [0.25, 0.3) is 0 Å². The number of rotatable bonds is 7. The summed E-state index contributed by atoms with van der Waals surface area (Å²) >= 11 is 0. The van der Waals surface area contributed by atoms with Gasteiger partial charge < -0.3 is 15.1 Å². The van der Waals surface area contributed by atoms with Crippen molar-refractivity contribution in [3.63, 3.8) is 0 Å². The fraction of sp³-hybridized carbons (Fsp3) is 0.733. The van der Waals surface area contributed by atoms with E-state index in [1.54, 1.807) is 0 Å². The van der Waals surface area contributed by atoms with Crippen LogP contribution >= 0.6 is 0 Å². The zero-order valence-corrected chi connectivity index (χ0v) is 13.4. The molecule has 1 aromatic rings. The molecule has 118 valence electrons. The lowest BCUT2D eigenvalue weighted by atomic mass is 10.2. The predicted octanol–water partition coefficient (Wildman–Crippen LogP) is 2.03. The predicted molar refractivity (Wildman–Crippen MR) is 85.4 cm³/mol. The molecule has 2 rings (SSSR count). The Morgan fingerprint density at radius 3 is 2.76 bits per heavy atom. The van der Waals surface area contributed by atoms with E-state index in [1.807, 2.05) is 6.92 Å². The highest BCUT2D eigenvalue weighted by atomic mass is 16.5. The number of aromatic nitrogens is 2. The molecule has 0 spiro atoms. The van der Waals surface area contributed by atoms with Gasteiger partial charge in [-0.05, 0) is 33.1 Å². The van der Waals surface area contributed by atoms with E-state index in [1.165, 1.54) is 0 Å². The van der Waals surface area contributed by atoms with Crippen molar-refractivity contribution >= 4 is 11.6 Å². The third kappa shape index (κ3) is 3.83. The lowest BCUT2D eigenvalue weighted by Gasteiger charge is -2.27. The van der Waals surface area contributed by atoms with Crippen LogP contribution in [0.5, 0.6) is 0 Å². The van der Waals surface area contributed by atoms with Crippen molar-refractivity contribution in [1.82, 2.24) is 9.97 Å². The summed E-state index contributed by atoms with van der Waals surface area (Å²) in [6.45, 7) is 8.94. The Balaban J connectivity index is 2.26. The Hall–Kier alpha value is -1.40. The van der Waals surface area contributed by atoms with Crippen LogP contribution < -0.4 is 16.2 Å². The summed E-state index contributed by atoms with van der Waals surface area (Å²) in [5.74, 6) is 8.14. The summed E-state index contributed by atoms with van der Waals surface area (Å²) in [6.07, 6.45) is 4.47. The molecule has 0 bridgehead atoms. The van der Waals surface area contributed by atoms with Crippen LogP contribution in [0.1, 0.15) is 44.5 Å². The zero-order chi connectivity index (χ0) is 15.2. The molecular weight excluding hydrogens is 266 g/mol. The molecule has 1 saturated heterocycles. The van der Waals surface area contributed by atoms with Crippen LogP contribution in [0.2, 0.25) is 0 Å². The minimum atomic E-state index is 0.309. The molecule has 0 aliphatic carbocycles. The van der Waals surface area contributed by atoms with Gasteiger partial charge in [-0.15, -0.1) is 0 Å². The van der Waals surface area contributed by atoms with Gasteiger partial charge in [0.1, 0.15) is 17.5 Å². The Morgan fingerprint density at radius 1 is 1.38 bits per heavy atom. The standard InChI is InChI=1S/C15H27N5O/c1-4-7-13-17-14(19-16)11(3)15(18-13)20(5-2)10-12-8-6-9-21-12/h12H,4-10,16H2,1-3H3,(H,17,18,19). The summed E-state index contributed by atoms with van der Waals surface area (Å²) in [7, 11) is 0. The molecule has 1 fully saturated rings. The number of nitrogens with zero attached hydrogens (tertiary/aromatic N) is 3. The number of anilines is 2. The van der Waals surface area contributed by atoms with E-state index >= 15 is 0 Å². The zero-order valence-electron chi connectivity index (χ0n) is 13.4. The molecule has 1 aromatic heterocycles. The van der Waals surface area contributed by atoms with Crippen LogP contribution in [0.15, 0.2) is 0 Å². The van der Waals surface area contributed by atoms with Gasteiger partial charge in [-0.25, -0.2) is 15.8 Å². The molecule has 0 amide bonds. The molecule has 3 N–H and O–H groups in total. The summed E-state index contributed by atoms with van der Waals surface area (Å²) in [6, 6.07) is 0. The lowest BCUT2D eigenvalue weighted by Crippen LogP contribution is -2.34. The second-order valence-electron chi connectivity index (χ2n) is 5.51. The van der Waals surface area contributed by atoms with Crippen LogP contribution in [0.25, 0.3) is 0 Å². The molecular formula is C15H27N5O. The number of hydrogen-bond donors (Lipinski definition) is 2. The van der Waals surface area contributed by atoms with E-state index in [-0.39, 0.29) is 0 Å². The molecule has 2 heterocycles. The number of hydrogen-bond acceptors (Lipinski definition) is 6. The number of ether oxygens (including phenoxy) is 1. The second-order valence-corrected chi connectivity index (χ2v) is 5.51. The summed E-state index contributed by atoms with van der Waals surface area (Å²) < 4.78 is 5.76. The van der Waals surface area contributed by atoms with Crippen molar-refractivity contribution in [3.05, 3.63) is 11.4 Å². The van der Waals surface area contributed by atoms with E-state index in [0.717, 1.165) is 62.6 Å². The van der Waals surface area contributed by atoms with E-state index in [4.69, 9.17) is 15.6 Å². The van der Waals surface area contributed by atoms with E-state index < -0.39 is 0 Å². The second kappa shape index (κ2) is 7.56. The van der Waals surface area contributed by atoms with Gasteiger partial charge in [0, 0.05) is 31.7 Å². The van der Waals surface area contributed by atoms with Crippen LogP contribution in [-0.2, 0) is 11.2 Å². The summed E-state index contributed by atoms with van der Waals surface area (Å²) in [4.78, 5) is 11.5. The van der Waals surface area contributed by atoms with E-state index in [2.05, 4.69) is 29.2 Å². The Labute approximate surface area is 127 Å². The largest absolute Gasteiger partial charge is 0.376 e. The van der Waals surface area contributed by atoms with Gasteiger partial charge >= 0.3 is 0 Å². The highest BCUT2D eigenvalue weighted by molar-refractivity contribution is 5.58. The average molecular weight is 293 g/mol. The maximum absolute atomic E-state index is 5.76. The lowest BCUT2D eigenvalue weighted by molar-refractivity contribution is 0.115. The molecule has 6 heteroatoms. The SMILES string of the molecule is CCCc1nc(NN)c(C)c(N(CC)CC2CCCO2)n1. The first-order chi connectivity index (χ1) is 10.2. The molecule has 0 aromatic carbocycles. The maximum atomic E-state index is 5.76. The quantitative estimate of drug-likeness (QED) is 0.592. The Bertz CT molecular complexity index is 460. The molecule has 21 heavy (non-hydrogen) atoms. The molecule has 1 aliphatic rings. The van der Waals surface area contributed by atoms with Crippen molar-refractivity contribution in [2.24, 2.45) is 5.84 Å². The highest BCUT2D eigenvalue weighted by Gasteiger charge is 2.22. The molecule has 0 radical (unpaired) electrons. The van der Waals surface area contributed by atoms with E-state index in [9.17, 15) is 0 Å². The van der Waals surface area contributed by atoms with Gasteiger partial charge in [-0.2, -0.15) is 0 Å². The minimum absolute atomic E-state index is 0.309. The summed E-state index contributed by atoms with van der Waals surface area (Å²) in [5, 5.41) is 0. The number of aryl methyl sites for hydroxylation is 1. The van der Waals surface area contributed by atoms with Crippen molar-refractivity contribution in [2.75, 3.05) is 30.0 Å². The molecule has 1 unspecified atom stereocenters. The number of nitrogens with one attached hydrogen (secondary N) is 1. The average Bonchev–Trinajstić information content (AvgIpc) is 3.00. The fourth-order valence-electron chi connectivity index (χ4n) is 2.73. The van der Waals surface area contributed by atoms with Crippen LogP contribution in [-0.4, -0.2) is 35.8 Å². The highest BCUT2D eigenvalue weighted by Crippen LogP contribution is 2.25. The van der Waals surface area contributed by atoms with Gasteiger partial charge in [-0.3, -0.25) is 0 Å². The molecule has 1 atom stereocenters. The molecule has 6 nitrogen and oxygen atoms in total. The first kappa shape index (κ1) is 16.0. The number of nitrogen functional groups attached to an aromatic ring is 1. The molecule has 0 saturated carbocycles. The van der Waals surface area contributed by atoms with Crippen molar-refractivity contribution < 1.29 is 4.74 Å². The minimum Gasteiger partial charge on any atom is -0.376 e. The maximum Gasteiger partial charge on any atom is 0.148 e. The first-order valence-electron chi connectivity index (χ1n) is 7.90. The number of likely N-dealkylation sites (N-methyl/N-ethyl adjacent to an activating group) is 1. The van der Waals surface area contributed by atoms with Crippen LogP contribution in [0, 0.1) is 6.92 Å². The van der Waals surface area contributed by atoms with Crippen LogP contribution in [0.3, 0.4) is 0 Å². The summed E-state index contributed by atoms with van der Waals surface area (Å²) in [5.41, 5.74) is 3.70. The van der Waals surface area contributed by atoms with E-state index in [0.29, 0.717) is 11.9 Å². The van der Waals surface area contributed by atoms with Crippen molar-refractivity contribution in [2.45, 2.75) is 52.6 Å². The third-order valence-corrected chi connectivity index (χ3v) is 3.91. The Kier molecular flexibility index (Phi) is 5.76. The number of nitrogens with two attached hydrogens (primary N) is 1. The van der Waals surface area contributed by atoms with Gasteiger partial charge in [-0.1, -0.05) is 6.92 Å². The molecule has 1 aliphatic heterocycles. The normalized spacial score (nSPS) is 18.0.